The van der Waals surface area contributed by atoms with E-state index in [9.17, 15) is 0 Å². The smallest absolute Gasteiger partial charge is 0.150 e. The van der Waals surface area contributed by atoms with Gasteiger partial charge in [-0.1, -0.05) is 41.7 Å². The largest absolute Gasteiger partial charge is 0.355 e. The van der Waals surface area contributed by atoms with Gasteiger partial charge >= 0.3 is 0 Å². The second-order valence-electron chi connectivity index (χ2n) is 5.09. The summed E-state index contributed by atoms with van der Waals surface area (Å²) < 4.78 is 0. The van der Waals surface area contributed by atoms with Crippen molar-refractivity contribution >= 4 is 40.6 Å². The summed E-state index contributed by atoms with van der Waals surface area (Å²) in [6.07, 6.45) is 4.87. The molecule has 0 N–H and O–H groups in total. The van der Waals surface area contributed by atoms with Gasteiger partial charge in [0.05, 0.1) is 10.0 Å². The molecule has 18 heavy (non-hydrogen) atoms. The average molecular weight is 308 g/mol. The van der Waals surface area contributed by atoms with Crippen molar-refractivity contribution in [3.05, 3.63) is 21.3 Å². The predicted molar refractivity (Wildman–Crippen MR) is 79.1 cm³/mol. The Morgan fingerprint density at radius 1 is 1.11 bits per heavy atom. The molecule has 1 fully saturated rings. The van der Waals surface area contributed by atoms with Gasteiger partial charge in [0.15, 0.2) is 0 Å². The molecule has 2 nitrogen and oxygen atoms in total. The van der Waals surface area contributed by atoms with Crippen molar-refractivity contribution in [2.45, 2.75) is 38.6 Å². The lowest BCUT2D eigenvalue weighted by Crippen LogP contribution is -2.35. The zero-order chi connectivity index (χ0) is 13.3. The van der Waals surface area contributed by atoms with Crippen molar-refractivity contribution in [3.8, 4) is 0 Å². The van der Waals surface area contributed by atoms with Crippen LogP contribution in [0.25, 0.3) is 0 Å². The Kier molecular flexibility index (Phi) is 4.63. The maximum atomic E-state index is 6.20. The molecule has 0 spiro atoms. The quantitative estimate of drug-likeness (QED) is 0.710. The molecule has 1 aliphatic rings. The molecule has 5 heteroatoms. The maximum Gasteiger partial charge on any atom is 0.150 e. The molecule has 0 radical (unpaired) electrons. The van der Waals surface area contributed by atoms with E-state index in [1.807, 2.05) is 7.05 Å². The van der Waals surface area contributed by atoms with Crippen LogP contribution in [-0.4, -0.2) is 18.1 Å². The van der Waals surface area contributed by atoms with Gasteiger partial charge in [-0.2, -0.15) is 0 Å². The first kappa shape index (κ1) is 14.2. The summed E-state index contributed by atoms with van der Waals surface area (Å²) in [7, 11) is 2.03. The molecule has 1 aromatic rings. The number of halogens is 3. The Labute approximate surface area is 123 Å². The number of rotatable bonds is 2. The third-order valence-electron chi connectivity index (χ3n) is 3.74. The number of hydrogen-bond donors (Lipinski definition) is 0. The van der Waals surface area contributed by atoms with E-state index in [-0.39, 0.29) is 0 Å². The van der Waals surface area contributed by atoms with Gasteiger partial charge in [0.25, 0.3) is 0 Å². The van der Waals surface area contributed by atoms with E-state index in [1.165, 1.54) is 25.7 Å². The summed E-state index contributed by atoms with van der Waals surface area (Å²) in [6, 6.07) is 2.15. The Morgan fingerprint density at radius 3 is 2.33 bits per heavy atom. The molecule has 1 aliphatic carbocycles. The third kappa shape index (κ3) is 3.04. The SMILES string of the molecule is CC1CCC(N(C)c2nc(Cl)c(Cl)cc2Cl)CC1. The molecule has 0 saturated heterocycles. The van der Waals surface area contributed by atoms with E-state index in [0.717, 1.165) is 11.7 Å². The highest BCUT2D eigenvalue weighted by atomic mass is 35.5. The van der Waals surface area contributed by atoms with Gasteiger partial charge in [0.2, 0.25) is 0 Å². The van der Waals surface area contributed by atoms with E-state index in [1.54, 1.807) is 6.07 Å². The molecule has 0 aromatic carbocycles. The highest BCUT2D eigenvalue weighted by Crippen LogP contribution is 2.34. The first-order valence-corrected chi connectivity index (χ1v) is 7.36. The minimum absolute atomic E-state index is 0.312. The normalized spacial score (nSPS) is 24.1. The Hall–Kier alpha value is -0.180. The molecule has 0 aliphatic heterocycles. The third-order valence-corrected chi connectivity index (χ3v) is 4.69. The van der Waals surface area contributed by atoms with Gasteiger partial charge in [-0.15, -0.1) is 0 Å². The van der Waals surface area contributed by atoms with Crippen molar-refractivity contribution in [1.82, 2.24) is 4.98 Å². The molecule has 1 aromatic heterocycles. The van der Waals surface area contributed by atoms with Crippen LogP contribution in [0.5, 0.6) is 0 Å². The van der Waals surface area contributed by atoms with E-state index in [4.69, 9.17) is 34.8 Å². The van der Waals surface area contributed by atoms with Crippen LogP contribution in [0.15, 0.2) is 6.07 Å². The number of aromatic nitrogens is 1. The van der Waals surface area contributed by atoms with Crippen LogP contribution in [0, 0.1) is 5.92 Å². The molecule has 0 unspecified atom stereocenters. The van der Waals surface area contributed by atoms with Crippen LogP contribution in [0.3, 0.4) is 0 Å². The van der Waals surface area contributed by atoms with Gasteiger partial charge in [-0.05, 0) is 37.7 Å². The van der Waals surface area contributed by atoms with Crippen LogP contribution >= 0.6 is 34.8 Å². The molecule has 0 amide bonds. The van der Waals surface area contributed by atoms with Crippen LogP contribution < -0.4 is 4.90 Å². The van der Waals surface area contributed by atoms with Crippen LogP contribution in [0.2, 0.25) is 15.2 Å². The number of nitrogens with zero attached hydrogens (tertiary/aromatic N) is 2. The van der Waals surface area contributed by atoms with Crippen molar-refractivity contribution < 1.29 is 0 Å². The van der Waals surface area contributed by atoms with Gasteiger partial charge < -0.3 is 4.90 Å². The highest BCUT2D eigenvalue weighted by Gasteiger charge is 2.24. The van der Waals surface area contributed by atoms with Crippen molar-refractivity contribution in [3.63, 3.8) is 0 Å². The standard InChI is InChI=1S/C13H17Cl3N2/c1-8-3-5-9(6-4-8)18(2)13-11(15)7-10(14)12(16)17-13/h7-9H,3-6H2,1-2H3. The van der Waals surface area contributed by atoms with Crippen molar-refractivity contribution in [2.75, 3.05) is 11.9 Å². The second-order valence-corrected chi connectivity index (χ2v) is 6.26. The summed E-state index contributed by atoms with van der Waals surface area (Å²) >= 11 is 18.1. The van der Waals surface area contributed by atoms with Crippen molar-refractivity contribution in [2.24, 2.45) is 5.92 Å². The fraction of sp³-hybridized carbons (Fsp3) is 0.615. The zero-order valence-corrected chi connectivity index (χ0v) is 12.9. The first-order valence-electron chi connectivity index (χ1n) is 6.23. The Morgan fingerprint density at radius 2 is 1.72 bits per heavy atom. The molecular formula is C13H17Cl3N2. The first-order chi connectivity index (χ1) is 8.49. The average Bonchev–Trinajstić information content (AvgIpc) is 2.34. The van der Waals surface area contributed by atoms with E-state index >= 15 is 0 Å². The molecule has 0 bridgehead atoms. The van der Waals surface area contributed by atoms with Crippen LogP contribution in [-0.2, 0) is 0 Å². The number of pyridine rings is 1. The lowest BCUT2D eigenvalue weighted by atomic mass is 9.87. The summed E-state index contributed by atoms with van der Waals surface area (Å²) in [4.78, 5) is 6.43. The van der Waals surface area contributed by atoms with E-state index < -0.39 is 0 Å². The van der Waals surface area contributed by atoms with Gasteiger partial charge in [-0.25, -0.2) is 4.98 Å². The van der Waals surface area contributed by atoms with Crippen LogP contribution in [0.1, 0.15) is 32.6 Å². The summed E-state index contributed by atoms with van der Waals surface area (Å²) in [6.45, 7) is 2.31. The van der Waals surface area contributed by atoms with Gasteiger partial charge in [0, 0.05) is 13.1 Å². The summed E-state index contributed by atoms with van der Waals surface area (Å²) in [5.74, 6) is 1.55. The molecule has 0 atom stereocenters. The topological polar surface area (TPSA) is 16.1 Å². The zero-order valence-electron chi connectivity index (χ0n) is 10.6. The second kappa shape index (κ2) is 5.85. The minimum Gasteiger partial charge on any atom is -0.355 e. The van der Waals surface area contributed by atoms with Crippen molar-refractivity contribution in [1.29, 1.82) is 0 Å². The fourth-order valence-electron chi connectivity index (χ4n) is 2.49. The number of anilines is 1. The molecule has 1 heterocycles. The Balaban J connectivity index is 2.18. The fourth-order valence-corrected chi connectivity index (χ4v) is 3.11. The molecule has 1 saturated carbocycles. The highest BCUT2D eigenvalue weighted by molar-refractivity contribution is 6.42. The van der Waals surface area contributed by atoms with E-state index in [2.05, 4.69) is 16.8 Å². The predicted octanol–water partition coefficient (Wildman–Crippen LogP) is 5.06. The Bertz CT molecular complexity index is 428. The molecular weight excluding hydrogens is 291 g/mol. The lowest BCUT2D eigenvalue weighted by molar-refractivity contribution is 0.340. The minimum atomic E-state index is 0.312. The van der Waals surface area contributed by atoms with Gasteiger partial charge in [0.1, 0.15) is 11.0 Å². The van der Waals surface area contributed by atoms with Crippen LogP contribution in [0.4, 0.5) is 5.82 Å². The molecule has 2 rings (SSSR count). The lowest BCUT2D eigenvalue weighted by Gasteiger charge is -2.34. The van der Waals surface area contributed by atoms with E-state index in [0.29, 0.717) is 21.2 Å². The maximum absolute atomic E-state index is 6.20. The van der Waals surface area contributed by atoms with Gasteiger partial charge in [-0.3, -0.25) is 0 Å². The molecule has 100 valence electrons. The monoisotopic (exact) mass is 306 g/mol. The summed E-state index contributed by atoms with van der Waals surface area (Å²) in [5.41, 5.74) is 0. The summed E-state index contributed by atoms with van der Waals surface area (Å²) in [5, 5.41) is 1.27. The number of hydrogen-bond acceptors (Lipinski definition) is 2.